The standard InChI is InChI=1S/C18H15F6N3O3S/c19-17(20,21)11-2-1-3-12(8-11)31(29,30)13-6-10(7-13)9-26-15(28)14-4-5-25-16(27-14)18(22,23)24/h1-5,8,10,13H,6-7,9H2,(H,26,28). The van der Waals surface area contributed by atoms with Crippen LogP contribution in [0.5, 0.6) is 0 Å². The van der Waals surface area contributed by atoms with Crippen LogP contribution >= 0.6 is 0 Å². The lowest BCUT2D eigenvalue weighted by Crippen LogP contribution is -2.42. The summed E-state index contributed by atoms with van der Waals surface area (Å²) < 4.78 is 101. The fourth-order valence-corrected chi connectivity index (χ4v) is 5.08. The molecule has 1 amide bonds. The highest BCUT2D eigenvalue weighted by Gasteiger charge is 2.41. The number of rotatable bonds is 5. The molecule has 1 saturated carbocycles. The summed E-state index contributed by atoms with van der Waals surface area (Å²) in [5.41, 5.74) is -1.56. The second-order valence-corrected chi connectivity index (χ2v) is 9.23. The van der Waals surface area contributed by atoms with Gasteiger partial charge in [0, 0.05) is 12.7 Å². The molecule has 1 N–H and O–H groups in total. The molecule has 0 unspecified atom stereocenters. The van der Waals surface area contributed by atoms with Crippen molar-refractivity contribution in [3.05, 3.63) is 53.6 Å². The molecule has 168 valence electrons. The number of benzene rings is 1. The van der Waals surface area contributed by atoms with Crippen molar-refractivity contribution in [2.75, 3.05) is 6.54 Å². The number of nitrogens with one attached hydrogen (secondary N) is 1. The van der Waals surface area contributed by atoms with Crippen molar-refractivity contribution in [1.82, 2.24) is 15.3 Å². The minimum atomic E-state index is -4.81. The van der Waals surface area contributed by atoms with Gasteiger partial charge in [0.2, 0.25) is 5.82 Å². The monoisotopic (exact) mass is 467 g/mol. The molecule has 0 aliphatic heterocycles. The molecule has 1 aromatic carbocycles. The summed E-state index contributed by atoms with van der Waals surface area (Å²) in [6.45, 7) is -0.0151. The number of halogens is 6. The van der Waals surface area contributed by atoms with E-state index in [1.807, 2.05) is 0 Å². The van der Waals surface area contributed by atoms with Crippen molar-refractivity contribution >= 4 is 15.7 Å². The van der Waals surface area contributed by atoms with E-state index >= 15 is 0 Å². The maximum Gasteiger partial charge on any atom is 0.451 e. The summed E-state index contributed by atoms with van der Waals surface area (Å²) in [6.07, 6.45) is -8.50. The summed E-state index contributed by atoms with van der Waals surface area (Å²) in [6, 6.07) is 4.47. The Morgan fingerprint density at radius 3 is 2.35 bits per heavy atom. The molecule has 0 saturated heterocycles. The van der Waals surface area contributed by atoms with Gasteiger partial charge in [0.1, 0.15) is 5.69 Å². The zero-order chi connectivity index (χ0) is 23.0. The lowest BCUT2D eigenvalue weighted by atomic mass is 9.85. The Balaban J connectivity index is 1.58. The normalized spacial score (nSPS) is 19.5. The zero-order valence-electron chi connectivity index (χ0n) is 15.5. The van der Waals surface area contributed by atoms with Crippen LogP contribution in [0.1, 0.15) is 34.7 Å². The first-order valence-corrected chi connectivity index (χ1v) is 10.4. The predicted octanol–water partition coefficient (Wildman–Crippen LogP) is 3.50. The molecular weight excluding hydrogens is 452 g/mol. The second kappa shape index (κ2) is 8.09. The molecule has 31 heavy (non-hydrogen) atoms. The Bertz CT molecular complexity index is 1080. The van der Waals surface area contributed by atoms with Gasteiger partial charge in [-0.3, -0.25) is 4.79 Å². The minimum Gasteiger partial charge on any atom is -0.350 e. The number of carbonyl (C=O) groups excluding carboxylic acids is 1. The number of hydrogen-bond acceptors (Lipinski definition) is 5. The molecule has 1 aliphatic carbocycles. The molecule has 1 heterocycles. The molecule has 0 spiro atoms. The molecule has 1 aliphatic rings. The highest BCUT2D eigenvalue weighted by molar-refractivity contribution is 7.92. The summed E-state index contributed by atoms with van der Waals surface area (Å²) in [7, 11) is -3.99. The van der Waals surface area contributed by atoms with Crippen LogP contribution in [0.3, 0.4) is 0 Å². The smallest absolute Gasteiger partial charge is 0.350 e. The maximum absolute atomic E-state index is 12.8. The van der Waals surface area contributed by atoms with E-state index in [1.165, 1.54) is 0 Å². The quantitative estimate of drug-likeness (QED) is 0.680. The fraction of sp³-hybridized carbons (Fsp3) is 0.389. The molecule has 2 aromatic rings. The van der Waals surface area contributed by atoms with Crippen LogP contribution in [0.15, 0.2) is 41.4 Å². The maximum atomic E-state index is 12.8. The van der Waals surface area contributed by atoms with E-state index in [-0.39, 0.29) is 25.3 Å². The van der Waals surface area contributed by atoms with Crippen LogP contribution in [-0.2, 0) is 22.2 Å². The van der Waals surface area contributed by atoms with Crippen LogP contribution in [-0.4, -0.2) is 36.1 Å². The minimum absolute atomic E-state index is 0.0151. The molecule has 1 aromatic heterocycles. The lowest BCUT2D eigenvalue weighted by molar-refractivity contribution is -0.145. The number of nitrogens with zero attached hydrogens (tertiary/aromatic N) is 2. The van der Waals surface area contributed by atoms with Crippen molar-refractivity contribution < 1.29 is 39.6 Å². The largest absolute Gasteiger partial charge is 0.451 e. The van der Waals surface area contributed by atoms with Crippen LogP contribution in [0.2, 0.25) is 0 Å². The first-order valence-electron chi connectivity index (χ1n) is 8.88. The molecule has 6 nitrogen and oxygen atoms in total. The van der Waals surface area contributed by atoms with Gasteiger partial charge in [-0.15, -0.1) is 0 Å². The van der Waals surface area contributed by atoms with Crippen molar-refractivity contribution in [2.24, 2.45) is 5.92 Å². The molecule has 13 heteroatoms. The van der Waals surface area contributed by atoms with Gasteiger partial charge < -0.3 is 5.32 Å². The first kappa shape index (κ1) is 23.0. The molecule has 0 radical (unpaired) electrons. The van der Waals surface area contributed by atoms with Crippen molar-refractivity contribution in [1.29, 1.82) is 0 Å². The number of alkyl halides is 6. The van der Waals surface area contributed by atoms with Gasteiger partial charge in [0.25, 0.3) is 5.91 Å². The van der Waals surface area contributed by atoms with E-state index in [0.717, 1.165) is 30.5 Å². The Kier molecular flexibility index (Phi) is 6.00. The zero-order valence-corrected chi connectivity index (χ0v) is 16.4. The van der Waals surface area contributed by atoms with Crippen molar-refractivity contribution in [3.8, 4) is 0 Å². The van der Waals surface area contributed by atoms with Crippen LogP contribution in [0.25, 0.3) is 0 Å². The van der Waals surface area contributed by atoms with Gasteiger partial charge in [-0.1, -0.05) is 6.07 Å². The number of hydrogen-bond donors (Lipinski definition) is 1. The summed E-state index contributed by atoms with van der Waals surface area (Å²) in [4.78, 5) is 17.8. The molecular formula is C18H15F6N3O3S. The molecule has 1 fully saturated rings. The van der Waals surface area contributed by atoms with Gasteiger partial charge in [0.05, 0.1) is 15.7 Å². The predicted molar refractivity (Wildman–Crippen MR) is 94.5 cm³/mol. The molecule has 0 atom stereocenters. The third-order valence-corrected chi connectivity index (χ3v) is 6.99. The van der Waals surface area contributed by atoms with Gasteiger partial charge >= 0.3 is 12.4 Å². The van der Waals surface area contributed by atoms with Gasteiger partial charge in [-0.25, -0.2) is 18.4 Å². The molecule has 0 bridgehead atoms. The van der Waals surface area contributed by atoms with E-state index in [1.54, 1.807) is 0 Å². The number of carbonyl (C=O) groups is 1. The molecule has 3 rings (SSSR count). The Morgan fingerprint density at radius 2 is 1.74 bits per heavy atom. The van der Waals surface area contributed by atoms with Crippen molar-refractivity contribution in [2.45, 2.75) is 35.3 Å². The van der Waals surface area contributed by atoms with E-state index in [9.17, 15) is 39.6 Å². The highest BCUT2D eigenvalue weighted by Crippen LogP contribution is 2.37. The summed E-state index contributed by atoms with van der Waals surface area (Å²) >= 11 is 0. The number of sulfone groups is 1. The summed E-state index contributed by atoms with van der Waals surface area (Å²) in [5.74, 6) is -2.63. The topological polar surface area (TPSA) is 89.0 Å². The van der Waals surface area contributed by atoms with Crippen LogP contribution in [0, 0.1) is 5.92 Å². The van der Waals surface area contributed by atoms with Crippen LogP contribution in [0.4, 0.5) is 26.3 Å². The number of aromatic nitrogens is 2. The SMILES string of the molecule is O=C(NCC1CC(S(=O)(=O)c2cccc(C(F)(F)F)c2)C1)c1ccnc(C(F)(F)F)n1. The fourth-order valence-electron chi connectivity index (χ4n) is 3.09. The first-order chi connectivity index (χ1) is 14.3. The van der Waals surface area contributed by atoms with E-state index in [4.69, 9.17) is 0 Å². The van der Waals surface area contributed by atoms with Gasteiger partial charge in [-0.2, -0.15) is 26.3 Å². The van der Waals surface area contributed by atoms with Crippen molar-refractivity contribution in [3.63, 3.8) is 0 Å². The number of amides is 1. The van der Waals surface area contributed by atoms with E-state index in [0.29, 0.717) is 6.07 Å². The van der Waals surface area contributed by atoms with Crippen LogP contribution < -0.4 is 5.32 Å². The summed E-state index contributed by atoms with van der Waals surface area (Å²) in [5, 5.41) is 1.47. The highest BCUT2D eigenvalue weighted by atomic mass is 32.2. The third kappa shape index (κ3) is 5.14. The Morgan fingerprint density at radius 1 is 1.06 bits per heavy atom. The average molecular weight is 467 g/mol. The average Bonchev–Trinajstić information content (AvgIpc) is 2.65. The second-order valence-electron chi connectivity index (χ2n) is 7.00. The van der Waals surface area contributed by atoms with E-state index < -0.39 is 55.3 Å². The van der Waals surface area contributed by atoms with E-state index in [2.05, 4.69) is 15.3 Å². The van der Waals surface area contributed by atoms with Gasteiger partial charge in [-0.05, 0) is 43.0 Å². The Hall–Kier alpha value is -2.70. The lowest BCUT2D eigenvalue weighted by Gasteiger charge is -2.35. The third-order valence-electron chi connectivity index (χ3n) is 4.81. The Labute approximate surface area is 172 Å². The van der Waals surface area contributed by atoms with Gasteiger partial charge in [0.15, 0.2) is 9.84 Å².